The van der Waals surface area contributed by atoms with Gasteiger partial charge in [0.25, 0.3) is 0 Å². The van der Waals surface area contributed by atoms with E-state index in [9.17, 15) is 4.39 Å². The Morgan fingerprint density at radius 3 is 2.88 bits per heavy atom. The Bertz CT molecular complexity index is 509. The molecule has 3 heteroatoms. The molecule has 0 aliphatic heterocycles. The molecule has 2 nitrogen and oxygen atoms in total. The van der Waals surface area contributed by atoms with E-state index < -0.39 is 0 Å². The molecule has 0 aliphatic carbocycles. The van der Waals surface area contributed by atoms with Crippen LogP contribution in [-0.2, 0) is 6.42 Å². The van der Waals surface area contributed by atoms with E-state index in [0.29, 0.717) is 5.52 Å². The molecule has 0 aliphatic rings. The first-order valence-electron chi connectivity index (χ1n) is 5.52. The van der Waals surface area contributed by atoms with E-state index in [1.54, 1.807) is 6.07 Å². The number of rotatable bonds is 3. The number of aryl methyl sites for hydroxylation is 1. The molecule has 2 aromatic rings. The number of nitrogens with one attached hydrogen (secondary N) is 1. The Kier molecular flexibility index (Phi) is 3.04. The van der Waals surface area contributed by atoms with Crippen LogP contribution in [0.15, 0.2) is 24.3 Å². The number of nitrogens with zero attached hydrogens (tertiary/aromatic N) is 1. The first kappa shape index (κ1) is 10.9. The van der Waals surface area contributed by atoms with Crippen molar-refractivity contribution in [3.05, 3.63) is 35.8 Å². The molecule has 0 saturated carbocycles. The van der Waals surface area contributed by atoms with Gasteiger partial charge in [0, 0.05) is 23.8 Å². The summed E-state index contributed by atoms with van der Waals surface area (Å²) in [5.74, 6) is -0.257. The number of pyridine rings is 1. The Morgan fingerprint density at radius 2 is 2.19 bits per heavy atom. The molecule has 0 saturated heterocycles. The molecule has 0 spiro atoms. The van der Waals surface area contributed by atoms with Gasteiger partial charge in [0.1, 0.15) is 11.3 Å². The van der Waals surface area contributed by atoms with Crippen LogP contribution in [0.4, 0.5) is 10.1 Å². The molecule has 0 radical (unpaired) electrons. The van der Waals surface area contributed by atoms with E-state index in [-0.39, 0.29) is 5.82 Å². The predicted octanol–water partition coefficient (Wildman–Crippen LogP) is 3.37. The lowest BCUT2D eigenvalue weighted by Crippen LogP contribution is -1.97. The summed E-state index contributed by atoms with van der Waals surface area (Å²) in [6, 6.07) is 7.03. The van der Waals surface area contributed by atoms with Gasteiger partial charge in [-0.3, -0.25) is 0 Å². The zero-order valence-electron chi connectivity index (χ0n) is 9.55. The zero-order chi connectivity index (χ0) is 11.5. The van der Waals surface area contributed by atoms with Crippen LogP contribution in [0.1, 0.15) is 19.0 Å². The first-order valence-corrected chi connectivity index (χ1v) is 5.52. The Morgan fingerprint density at radius 1 is 1.38 bits per heavy atom. The van der Waals surface area contributed by atoms with Crippen LogP contribution in [0.25, 0.3) is 10.9 Å². The fourth-order valence-electron chi connectivity index (χ4n) is 1.86. The Labute approximate surface area is 94.5 Å². The van der Waals surface area contributed by atoms with Crippen LogP contribution in [0.2, 0.25) is 0 Å². The van der Waals surface area contributed by atoms with Crippen LogP contribution in [0.3, 0.4) is 0 Å². The summed E-state index contributed by atoms with van der Waals surface area (Å²) in [6.07, 6.45) is 1.88. The standard InChI is InChI=1S/C13H15FN2/c1-3-5-9-8-12(15-2)10-6-4-7-11(14)13(10)16-9/h4,6-8H,3,5H2,1-2H3,(H,15,16). The highest BCUT2D eigenvalue weighted by Gasteiger charge is 2.07. The first-order chi connectivity index (χ1) is 7.76. The highest BCUT2D eigenvalue weighted by Crippen LogP contribution is 2.25. The Hall–Kier alpha value is -1.64. The topological polar surface area (TPSA) is 24.9 Å². The minimum atomic E-state index is -0.257. The van der Waals surface area contributed by atoms with E-state index in [4.69, 9.17) is 0 Å². The van der Waals surface area contributed by atoms with Crippen molar-refractivity contribution < 1.29 is 4.39 Å². The quantitative estimate of drug-likeness (QED) is 0.854. The Balaban J connectivity index is 2.69. The molecular weight excluding hydrogens is 203 g/mol. The van der Waals surface area contributed by atoms with Crippen molar-refractivity contribution in [3.8, 4) is 0 Å². The molecule has 0 unspecified atom stereocenters. The summed E-state index contributed by atoms with van der Waals surface area (Å²) in [6.45, 7) is 2.09. The number of anilines is 1. The molecule has 1 aromatic carbocycles. The van der Waals surface area contributed by atoms with E-state index in [1.165, 1.54) is 6.07 Å². The third-order valence-electron chi connectivity index (χ3n) is 2.62. The van der Waals surface area contributed by atoms with Gasteiger partial charge in [0.2, 0.25) is 0 Å². The molecule has 1 heterocycles. The summed E-state index contributed by atoms with van der Waals surface area (Å²) < 4.78 is 13.6. The van der Waals surface area contributed by atoms with E-state index in [0.717, 1.165) is 29.6 Å². The fraction of sp³-hybridized carbons (Fsp3) is 0.308. The lowest BCUT2D eigenvalue weighted by molar-refractivity contribution is 0.636. The lowest BCUT2D eigenvalue weighted by atomic mass is 10.1. The van der Waals surface area contributed by atoms with Gasteiger partial charge in [0.05, 0.1) is 0 Å². The third-order valence-corrected chi connectivity index (χ3v) is 2.62. The van der Waals surface area contributed by atoms with Crippen molar-refractivity contribution in [1.29, 1.82) is 0 Å². The molecule has 84 valence electrons. The minimum Gasteiger partial charge on any atom is -0.388 e. The predicted molar refractivity (Wildman–Crippen MR) is 65.2 cm³/mol. The number of hydrogen-bond donors (Lipinski definition) is 1. The minimum absolute atomic E-state index is 0.257. The highest BCUT2D eigenvalue weighted by molar-refractivity contribution is 5.91. The summed E-state index contributed by atoms with van der Waals surface area (Å²) in [5.41, 5.74) is 2.33. The molecule has 0 bridgehead atoms. The number of benzene rings is 1. The number of aromatic nitrogens is 1. The van der Waals surface area contributed by atoms with Gasteiger partial charge in [-0.25, -0.2) is 9.37 Å². The molecule has 1 N–H and O–H groups in total. The number of hydrogen-bond acceptors (Lipinski definition) is 2. The number of halogens is 1. The molecule has 0 fully saturated rings. The van der Waals surface area contributed by atoms with Crippen molar-refractivity contribution in [3.63, 3.8) is 0 Å². The third kappa shape index (κ3) is 1.85. The van der Waals surface area contributed by atoms with E-state index >= 15 is 0 Å². The summed E-state index contributed by atoms with van der Waals surface area (Å²) in [7, 11) is 1.84. The van der Waals surface area contributed by atoms with Gasteiger partial charge in [-0.05, 0) is 18.6 Å². The smallest absolute Gasteiger partial charge is 0.149 e. The normalized spacial score (nSPS) is 10.7. The van der Waals surface area contributed by atoms with Crippen LogP contribution < -0.4 is 5.32 Å². The van der Waals surface area contributed by atoms with Crippen LogP contribution in [0.5, 0.6) is 0 Å². The largest absolute Gasteiger partial charge is 0.388 e. The molecule has 0 atom stereocenters. The second-order valence-corrected chi connectivity index (χ2v) is 3.80. The zero-order valence-corrected chi connectivity index (χ0v) is 9.55. The molecular formula is C13H15FN2. The summed E-state index contributed by atoms with van der Waals surface area (Å²) >= 11 is 0. The van der Waals surface area contributed by atoms with Crippen LogP contribution >= 0.6 is 0 Å². The van der Waals surface area contributed by atoms with Crippen LogP contribution in [-0.4, -0.2) is 12.0 Å². The fourth-order valence-corrected chi connectivity index (χ4v) is 1.86. The van der Waals surface area contributed by atoms with Crippen LogP contribution in [0, 0.1) is 5.82 Å². The molecule has 1 aromatic heterocycles. The van der Waals surface area contributed by atoms with Gasteiger partial charge >= 0.3 is 0 Å². The van der Waals surface area contributed by atoms with E-state index in [1.807, 2.05) is 19.2 Å². The highest BCUT2D eigenvalue weighted by atomic mass is 19.1. The van der Waals surface area contributed by atoms with Gasteiger partial charge < -0.3 is 5.32 Å². The average molecular weight is 218 g/mol. The number of fused-ring (bicyclic) bond motifs is 1. The molecule has 0 amide bonds. The monoisotopic (exact) mass is 218 g/mol. The second kappa shape index (κ2) is 4.47. The summed E-state index contributed by atoms with van der Waals surface area (Å²) in [4.78, 5) is 4.36. The maximum Gasteiger partial charge on any atom is 0.149 e. The summed E-state index contributed by atoms with van der Waals surface area (Å²) in [5, 5.41) is 3.92. The van der Waals surface area contributed by atoms with Gasteiger partial charge in [-0.1, -0.05) is 25.5 Å². The van der Waals surface area contributed by atoms with Crippen molar-refractivity contribution in [2.45, 2.75) is 19.8 Å². The average Bonchev–Trinajstić information content (AvgIpc) is 2.30. The lowest BCUT2D eigenvalue weighted by Gasteiger charge is -2.09. The van der Waals surface area contributed by atoms with Gasteiger partial charge in [-0.2, -0.15) is 0 Å². The van der Waals surface area contributed by atoms with Crippen molar-refractivity contribution in [2.24, 2.45) is 0 Å². The second-order valence-electron chi connectivity index (χ2n) is 3.80. The van der Waals surface area contributed by atoms with Crippen molar-refractivity contribution in [1.82, 2.24) is 4.98 Å². The number of para-hydroxylation sites is 1. The van der Waals surface area contributed by atoms with Gasteiger partial charge in [-0.15, -0.1) is 0 Å². The molecule has 2 rings (SSSR count). The molecule has 16 heavy (non-hydrogen) atoms. The SMILES string of the molecule is CCCc1cc(NC)c2cccc(F)c2n1. The van der Waals surface area contributed by atoms with Crippen molar-refractivity contribution >= 4 is 16.6 Å². The van der Waals surface area contributed by atoms with E-state index in [2.05, 4.69) is 17.2 Å². The van der Waals surface area contributed by atoms with Crippen molar-refractivity contribution in [2.75, 3.05) is 12.4 Å². The maximum absolute atomic E-state index is 13.6. The maximum atomic E-state index is 13.6. The van der Waals surface area contributed by atoms with Gasteiger partial charge in [0.15, 0.2) is 0 Å².